The monoisotopic (exact) mass is 309 g/mol. The van der Waals surface area contributed by atoms with E-state index < -0.39 is 12.0 Å². The number of aromatic nitrogens is 4. The Hall–Kier alpha value is -2.16. The molecule has 0 fully saturated rings. The van der Waals surface area contributed by atoms with E-state index in [0.29, 0.717) is 10.9 Å². The van der Waals surface area contributed by atoms with Gasteiger partial charge >= 0.3 is 6.09 Å². The highest BCUT2D eigenvalue weighted by atomic mass is 32.2. The highest BCUT2D eigenvalue weighted by Crippen LogP contribution is 2.18. The number of ether oxygens (including phenoxy) is 1. The zero-order valence-corrected chi connectivity index (χ0v) is 12.7. The van der Waals surface area contributed by atoms with Crippen LogP contribution in [0, 0.1) is 13.8 Å². The van der Waals surface area contributed by atoms with Gasteiger partial charge in [0.1, 0.15) is 0 Å². The Morgan fingerprint density at radius 2 is 2.14 bits per heavy atom. The molecule has 1 N–H and O–H groups in total. The lowest BCUT2D eigenvalue weighted by molar-refractivity contribution is -0.117. The number of alkyl carbamates (subject to hydrolysis) is 1. The van der Waals surface area contributed by atoms with Gasteiger partial charge in [-0.2, -0.15) is 0 Å². The van der Waals surface area contributed by atoms with Gasteiger partial charge in [-0.1, -0.05) is 11.8 Å². The second-order valence-corrected chi connectivity index (χ2v) is 5.16. The molecular weight excluding hydrogens is 294 g/mol. The van der Waals surface area contributed by atoms with Crippen molar-refractivity contribution >= 4 is 29.5 Å². The summed E-state index contributed by atoms with van der Waals surface area (Å²) in [6.07, 6.45) is -0.748. The average molecular weight is 309 g/mol. The molecule has 0 atom stereocenters. The number of carbonyl (C=O) groups excluding carboxylic acids is 2. The minimum Gasteiger partial charge on any atom is -0.450 e. The van der Waals surface area contributed by atoms with Crippen LogP contribution in [0.15, 0.2) is 11.2 Å². The molecule has 0 saturated carbocycles. The van der Waals surface area contributed by atoms with E-state index in [4.69, 9.17) is 0 Å². The summed E-state index contributed by atoms with van der Waals surface area (Å²) in [6, 6.07) is 1.90. The van der Waals surface area contributed by atoms with Crippen LogP contribution in [0.1, 0.15) is 18.3 Å². The molecule has 0 saturated heterocycles. The van der Waals surface area contributed by atoms with Gasteiger partial charge in [0.05, 0.1) is 12.4 Å². The zero-order chi connectivity index (χ0) is 15.4. The van der Waals surface area contributed by atoms with Crippen LogP contribution in [-0.4, -0.2) is 43.9 Å². The van der Waals surface area contributed by atoms with Crippen molar-refractivity contribution in [2.24, 2.45) is 0 Å². The third kappa shape index (κ3) is 3.69. The van der Waals surface area contributed by atoms with E-state index in [9.17, 15) is 9.59 Å². The molecule has 112 valence electrons. The van der Waals surface area contributed by atoms with Gasteiger partial charge in [-0.25, -0.2) is 9.78 Å². The van der Waals surface area contributed by atoms with Crippen molar-refractivity contribution in [3.05, 3.63) is 17.5 Å². The van der Waals surface area contributed by atoms with E-state index in [-0.39, 0.29) is 12.4 Å². The number of fused-ring (bicyclic) bond motifs is 1. The van der Waals surface area contributed by atoms with E-state index in [1.165, 1.54) is 11.8 Å². The standard InChI is InChI=1S/C12H15N5O3S/c1-4-20-12(19)14-9(18)6-21-11-16-15-10-13-7(2)5-8(3)17(10)11/h5H,4,6H2,1-3H3,(H,14,18,19). The van der Waals surface area contributed by atoms with Gasteiger partial charge in [0, 0.05) is 11.4 Å². The number of thioether (sulfide) groups is 1. The maximum atomic E-state index is 11.6. The van der Waals surface area contributed by atoms with Crippen LogP contribution in [0.4, 0.5) is 4.79 Å². The van der Waals surface area contributed by atoms with Crippen molar-refractivity contribution in [1.29, 1.82) is 0 Å². The smallest absolute Gasteiger partial charge is 0.413 e. The summed E-state index contributed by atoms with van der Waals surface area (Å²) < 4.78 is 6.39. The molecule has 2 rings (SSSR count). The Morgan fingerprint density at radius 3 is 2.86 bits per heavy atom. The van der Waals surface area contributed by atoms with E-state index >= 15 is 0 Å². The van der Waals surface area contributed by atoms with Gasteiger partial charge in [0.2, 0.25) is 5.91 Å². The Labute approximate surface area is 125 Å². The van der Waals surface area contributed by atoms with E-state index in [2.05, 4.69) is 25.2 Å². The summed E-state index contributed by atoms with van der Waals surface area (Å²) in [5, 5.41) is 10.6. The van der Waals surface area contributed by atoms with E-state index in [0.717, 1.165) is 11.4 Å². The van der Waals surface area contributed by atoms with Crippen molar-refractivity contribution in [1.82, 2.24) is 24.9 Å². The Balaban J connectivity index is 2.04. The van der Waals surface area contributed by atoms with Crippen molar-refractivity contribution in [2.75, 3.05) is 12.4 Å². The molecule has 21 heavy (non-hydrogen) atoms. The van der Waals surface area contributed by atoms with Crippen LogP contribution in [0.2, 0.25) is 0 Å². The van der Waals surface area contributed by atoms with Gasteiger partial charge in [0.25, 0.3) is 5.78 Å². The maximum Gasteiger partial charge on any atom is 0.413 e. The Morgan fingerprint density at radius 1 is 1.38 bits per heavy atom. The first-order valence-electron chi connectivity index (χ1n) is 6.30. The lowest BCUT2D eigenvalue weighted by atomic mass is 10.3. The minimum absolute atomic E-state index is 0.0346. The average Bonchev–Trinajstić information content (AvgIpc) is 2.79. The molecule has 2 heterocycles. The molecule has 0 spiro atoms. The lowest BCUT2D eigenvalue weighted by Crippen LogP contribution is -2.32. The third-order valence-electron chi connectivity index (χ3n) is 2.51. The quantitative estimate of drug-likeness (QED) is 0.844. The van der Waals surface area contributed by atoms with Gasteiger partial charge in [-0.3, -0.25) is 14.5 Å². The molecule has 0 aliphatic carbocycles. The summed E-state index contributed by atoms with van der Waals surface area (Å²) in [6.45, 7) is 5.67. The molecule has 2 amide bonds. The van der Waals surface area contributed by atoms with E-state index in [1.807, 2.05) is 19.9 Å². The number of aryl methyl sites for hydroxylation is 2. The fraction of sp³-hybridized carbons (Fsp3) is 0.417. The molecule has 8 nitrogen and oxygen atoms in total. The highest BCUT2D eigenvalue weighted by molar-refractivity contribution is 7.99. The number of hydrogen-bond donors (Lipinski definition) is 1. The number of hydrogen-bond acceptors (Lipinski definition) is 7. The normalized spacial score (nSPS) is 10.6. The van der Waals surface area contributed by atoms with Crippen molar-refractivity contribution < 1.29 is 14.3 Å². The largest absolute Gasteiger partial charge is 0.450 e. The highest BCUT2D eigenvalue weighted by Gasteiger charge is 2.13. The summed E-state index contributed by atoms with van der Waals surface area (Å²) >= 11 is 1.17. The van der Waals surface area contributed by atoms with E-state index in [1.54, 1.807) is 11.3 Å². The summed E-state index contributed by atoms with van der Waals surface area (Å²) in [5.41, 5.74) is 1.78. The molecule has 2 aromatic rings. The number of rotatable bonds is 4. The third-order valence-corrected chi connectivity index (χ3v) is 3.44. The van der Waals surface area contributed by atoms with Crippen LogP contribution in [0.5, 0.6) is 0 Å². The first-order valence-corrected chi connectivity index (χ1v) is 7.28. The summed E-state index contributed by atoms with van der Waals surface area (Å²) in [4.78, 5) is 27.0. The van der Waals surface area contributed by atoms with Crippen LogP contribution in [0.25, 0.3) is 5.78 Å². The molecule has 0 aromatic carbocycles. The fourth-order valence-electron chi connectivity index (χ4n) is 1.74. The Kier molecular flexibility index (Phi) is 4.73. The van der Waals surface area contributed by atoms with Crippen LogP contribution in [0.3, 0.4) is 0 Å². The number of nitrogens with one attached hydrogen (secondary N) is 1. The molecule has 2 aromatic heterocycles. The molecule has 9 heteroatoms. The predicted molar refractivity (Wildman–Crippen MR) is 76.1 cm³/mol. The molecular formula is C12H15N5O3S. The Bertz CT molecular complexity index is 685. The van der Waals surface area contributed by atoms with Crippen LogP contribution < -0.4 is 5.32 Å². The van der Waals surface area contributed by atoms with Crippen LogP contribution >= 0.6 is 11.8 Å². The lowest BCUT2D eigenvalue weighted by Gasteiger charge is -2.05. The number of amides is 2. The summed E-state index contributed by atoms with van der Waals surface area (Å²) in [5.74, 6) is 0.0705. The number of nitrogens with zero attached hydrogens (tertiary/aromatic N) is 4. The number of imide groups is 1. The molecule has 0 bridgehead atoms. The maximum absolute atomic E-state index is 11.6. The van der Waals surface area contributed by atoms with Gasteiger partial charge in [-0.15, -0.1) is 10.2 Å². The fourth-order valence-corrected chi connectivity index (χ4v) is 2.53. The topological polar surface area (TPSA) is 98.5 Å². The van der Waals surface area contributed by atoms with Gasteiger partial charge in [-0.05, 0) is 26.8 Å². The molecule has 0 aliphatic rings. The molecule has 0 radical (unpaired) electrons. The van der Waals surface area contributed by atoms with Gasteiger partial charge < -0.3 is 4.74 Å². The second-order valence-electron chi connectivity index (χ2n) is 4.21. The first-order chi connectivity index (χ1) is 10.0. The molecule has 0 unspecified atom stereocenters. The van der Waals surface area contributed by atoms with Crippen molar-refractivity contribution in [3.8, 4) is 0 Å². The zero-order valence-electron chi connectivity index (χ0n) is 11.9. The van der Waals surface area contributed by atoms with Gasteiger partial charge in [0.15, 0.2) is 5.16 Å². The minimum atomic E-state index is -0.748. The predicted octanol–water partition coefficient (Wildman–Crippen LogP) is 1.11. The van der Waals surface area contributed by atoms with Crippen LogP contribution in [-0.2, 0) is 9.53 Å². The first kappa shape index (κ1) is 15.2. The number of carbonyl (C=O) groups is 2. The molecule has 0 aliphatic heterocycles. The van der Waals surface area contributed by atoms with Crippen molar-refractivity contribution in [2.45, 2.75) is 25.9 Å². The summed E-state index contributed by atoms with van der Waals surface area (Å²) in [7, 11) is 0. The van der Waals surface area contributed by atoms with Crippen molar-refractivity contribution in [3.63, 3.8) is 0 Å². The SMILES string of the molecule is CCOC(=O)NC(=O)CSc1nnc2nc(C)cc(C)n12. The second kappa shape index (κ2) is 6.53.